The average Bonchev–Trinajstić information content (AvgIpc) is 3.07. The molecule has 0 saturated heterocycles. The Bertz CT molecular complexity index is 966. The molecule has 1 aliphatic rings. The first kappa shape index (κ1) is 17.8. The molecule has 3 N–H and O–H groups in total. The SMILES string of the molecule is Cl.NC(=O)c1cc2c([nH]1)-c1ccccc1N(CC(=O)c1ccccc1)C2. The Labute approximate surface area is 157 Å². The van der Waals surface area contributed by atoms with Crippen molar-refractivity contribution in [2.24, 2.45) is 5.73 Å². The number of H-pyrrole nitrogens is 1. The number of anilines is 1. The number of carbonyl (C=O) groups is 2. The van der Waals surface area contributed by atoms with E-state index < -0.39 is 5.91 Å². The van der Waals surface area contributed by atoms with E-state index in [4.69, 9.17) is 5.73 Å². The number of ketones is 1. The summed E-state index contributed by atoms with van der Waals surface area (Å²) < 4.78 is 0. The van der Waals surface area contributed by atoms with Crippen molar-refractivity contribution in [3.05, 3.63) is 77.5 Å². The van der Waals surface area contributed by atoms with Gasteiger partial charge in [0.1, 0.15) is 5.69 Å². The van der Waals surface area contributed by atoms with Gasteiger partial charge in [-0.3, -0.25) is 9.59 Å². The van der Waals surface area contributed by atoms with Crippen molar-refractivity contribution in [1.29, 1.82) is 0 Å². The smallest absolute Gasteiger partial charge is 0.265 e. The molecule has 0 radical (unpaired) electrons. The molecule has 2 heterocycles. The zero-order chi connectivity index (χ0) is 17.4. The van der Waals surface area contributed by atoms with Gasteiger partial charge in [0.2, 0.25) is 0 Å². The number of para-hydroxylation sites is 1. The molecule has 2 aromatic carbocycles. The molecule has 0 unspecified atom stereocenters. The van der Waals surface area contributed by atoms with E-state index in [9.17, 15) is 9.59 Å². The average molecular weight is 368 g/mol. The van der Waals surface area contributed by atoms with Gasteiger partial charge in [0.25, 0.3) is 5.91 Å². The van der Waals surface area contributed by atoms with Gasteiger partial charge >= 0.3 is 0 Å². The molecule has 0 fully saturated rings. The largest absolute Gasteiger partial charge is 0.364 e. The molecule has 5 nitrogen and oxygen atoms in total. The molecule has 26 heavy (non-hydrogen) atoms. The summed E-state index contributed by atoms with van der Waals surface area (Å²) in [5.74, 6) is -0.427. The van der Waals surface area contributed by atoms with Crippen LogP contribution in [0.15, 0.2) is 60.7 Å². The zero-order valence-corrected chi connectivity index (χ0v) is 14.8. The van der Waals surface area contributed by atoms with Crippen molar-refractivity contribution in [1.82, 2.24) is 4.98 Å². The van der Waals surface area contributed by atoms with Crippen molar-refractivity contribution in [2.75, 3.05) is 11.4 Å². The first-order chi connectivity index (χ1) is 12.1. The van der Waals surface area contributed by atoms with Crippen LogP contribution in [-0.2, 0) is 6.54 Å². The number of fused-ring (bicyclic) bond motifs is 3. The molecule has 1 aromatic heterocycles. The number of amides is 1. The quantitative estimate of drug-likeness (QED) is 0.693. The topological polar surface area (TPSA) is 79.2 Å². The van der Waals surface area contributed by atoms with Gasteiger partial charge in [-0.1, -0.05) is 48.5 Å². The van der Waals surface area contributed by atoms with E-state index in [0.29, 0.717) is 17.8 Å². The zero-order valence-electron chi connectivity index (χ0n) is 13.9. The van der Waals surface area contributed by atoms with Gasteiger partial charge in [-0.2, -0.15) is 0 Å². The van der Waals surface area contributed by atoms with E-state index in [-0.39, 0.29) is 24.7 Å². The minimum atomic E-state index is -0.487. The highest BCUT2D eigenvalue weighted by molar-refractivity contribution is 6.00. The fraction of sp³-hybridized carbons (Fsp3) is 0.100. The van der Waals surface area contributed by atoms with Crippen molar-refractivity contribution < 1.29 is 9.59 Å². The Kier molecular flexibility index (Phi) is 4.82. The predicted octanol–water partition coefficient (Wildman–Crippen LogP) is 3.41. The molecule has 0 bridgehead atoms. The number of hydrogen-bond acceptors (Lipinski definition) is 3. The maximum absolute atomic E-state index is 12.6. The lowest BCUT2D eigenvalue weighted by Gasteiger charge is -2.30. The minimum Gasteiger partial charge on any atom is -0.364 e. The fourth-order valence-corrected chi connectivity index (χ4v) is 3.28. The predicted molar refractivity (Wildman–Crippen MR) is 104 cm³/mol. The molecule has 3 aromatic rings. The second-order valence-corrected chi connectivity index (χ2v) is 6.11. The van der Waals surface area contributed by atoms with E-state index in [1.807, 2.05) is 59.5 Å². The van der Waals surface area contributed by atoms with Crippen LogP contribution in [0.2, 0.25) is 0 Å². The summed E-state index contributed by atoms with van der Waals surface area (Å²) in [4.78, 5) is 29.3. The molecule has 1 amide bonds. The summed E-state index contributed by atoms with van der Waals surface area (Å²) in [5.41, 5.74) is 10.3. The fourth-order valence-electron chi connectivity index (χ4n) is 3.28. The summed E-state index contributed by atoms with van der Waals surface area (Å²) in [7, 11) is 0. The van der Waals surface area contributed by atoms with Gasteiger partial charge in [-0.05, 0) is 17.7 Å². The minimum absolute atomic E-state index is 0. The van der Waals surface area contributed by atoms with Crippen molar-refractivity contribution in [3.8, 4) is 11.3 Å². The van der Waals surface area contributed by atoms with Gasteiger partial charge in [0.05, 0.1) is 12.2 Å². The van der Waals surface area contributed by atoms with Crippen molar-refractivity contribution in [3.63, 3.8) is 0 Å². The molecular formula is C20H18ClN3O2. The Morgan fingerprint density at radius 2 is 1.73 bits per heavy atom. The molecule has 0 atom stereocenters. The molecule has 6 heteroatoms. The molecule has 1 aliphatic heterocycles. The van der Waals surface area contributed by atoms with Gasteiger partial charge in [-0.15, -0.1) is 12.4 Å². The Hall–Kier alpha value is -3.05. The lowest BCUT2D eigenvalue weighted by atomic mass is 9.99. The third kappa shape index (κ3) is 3.09. The lowest BCUT2D eigenvalue weighted by molar-refractivity contribution is 0.0989. The first-order valence-corrected chi connectivity index (χ1v) is 8.08. The van der Waals surface area contributed by atoms with Crippen molar-refractivity contribution in [2.45, 2.75) is 6.54 Å². The number of nitrogens with one attached hydrogen (secondary N) is 1. The van der Waals surface area contributed by atoms with Crippen LogP contribution < -0.4 is 10.6 Å². The van der Waals surface area contributed by atoms with Gasteiger partial charge < -0.3 is 15.6 Å². The number of benzene rings is 2. The van der Waals surface area contributed by atoms with E-state index in [1.165, 1.54) is 0 Å². The normalized spacial score (nSPS) is 11.9. The summed E-state index contributed by atoms with van der Waals surface area (Å²) in [6, 6.07) is 18.9. The highest BCUT2D eigenvalue weighted by atomic mass is 35.5. The number of primary amides is 1. The Balaban J connectivity index is 0.00000196. The summed E-state index contributed by atoms with van der Waals surface area (Å²) in [5, 5.41) is 0. The van der Waals surface area contributed by atoms with E-state index in [1.54, 1.807) is 6.07 Å². The van der Waals surface area contributed by atoms with Crippen LogP contribution in [0, 0.1) is 0 Å². The molecular weight excluding hydrogens is 350 g/mol. The van der Waals surface area contributed by atoms with Gasteiger partial charge in [-0.25, -0.2) is 0 Å². The standard InChI is InChI=1S/C20H17N3O2.ClH/c21-20(25)16-10-14-11-23(12-18(24)13-6-2-1-3-7-13)17-9-5-4-8-15(17)19(14)22-16;/h1-10,22H,11-12H2,(H2,21,25);1H. The number of nitrogens with two attached hydrogens (primary N) is 1. The third-order valence-corrected chi connectivity index (χ3v) is 4.47. The first-order valence-electron chi connectivity index (χ1n) is 8.08. The number of Topliss-reactive ketones (excluding diaryl/α,β-unsaturated/α-hetero) is 1. The molecule has 0 saturated carbocycles. The number of hydrogen-bond donors (Lipinski definition) is 2. The Morgan fingerprint density at radius 3 is 2.46 bits per heavy atom. The second-order valence-electron chi connectivity index (χ2n) is 6.11. The maximum Gasteiger partial charge on any atom is 0.265 e. The molecule has 0 spiro atoms. The maximum atomic E-state index is 12.6. The van der Waals surface area contributed by atoms with Crippen LogP contribution in [0.3, 0.4) is 0 Å². The summed E-state index contributed by atoms with van der Waals surface area (Å²) >= 11 is 0. The lowest BCUT2D eigenvalue weighted by Crippen LogP contribution is -2.31. The van der Waals surface area contributed by atoms with Crippen LogP contribution in [0.5, 0.6) is 0 Å². The second kappa shape index (κ2) is 7.06. The number of carbonyl (C=O) groups excluding carboxylic acids is 2. The summed E-state index contributed by atoms with van der Waals surface area (Å²) in [6.45, 7) is 0.826. The van der Waals surface area contributed by atoms with E-state index in [2.05, 4.69) is 4.98 Å². The van der Waals surface area contributed by atoms with Crippen LogP contribution in [-0.4, -0.2) is 23.2 Å². The monoisotopic (exact) mass is 367 g/mol. The number of rotatable bonds is 4. The number of nitrogens with zero attached hydrogens (tertiary/aromatic N) is 1. The molecule has 0 aliphatic carbocycles. The van der Waals surface area contributed by atoms with E-state index in [0.717, 1.165) is 22.5 Å². The highest BCUT2D eigenvalue weighted by Crippen LogP contribution is 2.38. The Morgan fingerprint density at radius 1 is 1.04 bits per heavy atom. The van der Waals surface area contributed by atoms with Gasteiger partial charge in [0.15, 0.2) is 5.78 Å². The van der Waals surface area contributed by atoms with Crippen molar-refractivity contribution >= 4 is 29.8 Å². The third-order valence-electron chi connectivity index (χ3n) is 4.47. The highest BCUT2D eigenvalue weighted by Gasteiger charge is 2.26. The molecule has 132 valence electrons. The van der Waals surface area contributed by atoms with Gasteiger partial charge in [0, 0.05) is 23.4 Å². The van der Waals surface area contributed by atoms with Crippen LogP contribution in [0.25, 0.3) is 11.3 Å². The van der Waals surface area contributed by atoms with E-state index >= 15 is 0 Å². The van der Waals surface area contributed by atoms with Crippen LogP contribution >= 0.6 is 12.4 Å². The van der Waals surface area contributed by atoms with Crippen LogP contribution in [0.1, 0.15) is 26.4 Å². The van der Waals surface area contributed by atoms with Crippen LogP contribution in [0.4, 0.5) is 5.69 Å². The number of aromatic amines is 1. The summed E-state index contributed by atoms with van der Waals surface area (Å²) in [6.07, 6.45) is 0. The number of aromatic nitrogens is 1. The molecule has 4 rings (SSSR count). The number of halogens is 1.